The van der Waals surface area contributed by atoms with Crippen molar-refractivity contribution in [3.63, 3.8) is 0 Å². The molecule has 1 heterocycles. The highest BCUT2D eigenvalue weighted by Crippen LogP contribution is 2.14. The molecule has 0 aliphatic rings. The number of carbonyl (C=O) groups is 1. The van der Waals surface area contributed by atoms with E-state index in [-0.39, 0.29) is 11.8 Å². The predicted molar refractivity (Wildman–Crippen MR) is 101 cm³/mol. The van der Waals surface area contributed by atoms with E-state index < -0.39 is 0 Å². The van der Waals surface area contributed by atoms with E-state index in [2.05, 4.69) is 21.7 Å². The number of nitrogens with zero attached hydrogens (tertiary/aromatic N) is 1. The van der Waals surface area contributed by atoms with E-state index in [9.17, 15) is 4.79 Å². The number of anilines is 2. The zero-order valence-electron chi connectivity index (χ0n) is 14.2. The first-order chi connectivity index (χ1) is 11.6. The fraction of sp³-hybridized carbons (Fsp3) is 0.368. The molecule has 1 aromatic heterocycles. The van der Waals surface area contributed by atoms with Crippen molar-refractivity contribution in [1.82, 2.24) is 4.98 Å². The summed E-state index contributed by atoms with van der Waals surface area (Å²) in [6.45, 7) is 4.84. The van der Waals surface area contributed by atoms with Gasteiger partial charge in [-0.1, -0.05) is 37.6 Å². The third kappa shape index (κ3) is 5.53. The summed E-state index contributed by atoms with van der Waals surface area (Å²) in [5.41, 5.74) is 2.12. The molecule has 1 aromatic carbocycles. The predicted octanol–water partition coefficient (Wildman–Crippen LogP) is 4.76. The number of carbonyl (C=O) groups excluding carboxylic acids is 1. The highest BCUT2D eigenvalue weighted by atomic mass is 35.5. The van der Waals surface area contributed by atoms with Crippen molar-refractivity contribution < 1.29 is 4.79 Å². The van der Waals surface area contributed by atoms with Crippen molar-refractivity contribution in [2.24, 2.45) is 5.92 Å². The Balaban J connectivity index is 1.82. The fourth-order valence-corrected chi connectivity index (χ4v) is 2.72. The van der Waals surface area contributed by atoms with Crippen LogP contribution in [-0.2, 0) is 11.2 Å². The van der Waals surface area contributed by atoms with E-state index in [1.807, 2.05) is 44.2 Å². The van der Waals surface area contributed by atoms with Crippen LogP contribution in [0.3, 0.4) is 0 Å². The van der Waals surface area contributed by atoms with Gasteiger partial charge in [-0.25, -0.2) is 4.98 Å². The lowest BCUT2D eigenvalue weighted by molar-refractivity contribution is -0.120. The smallest absolute Gasteiger partial charge is 0.228 e. The first-order valence-corrected chi connectivity index (χ1v) is 8.75. The molecule has 0 radical (unpaired) electrons. The Kier molecular flexibility index (Phi) is 7.07. The largest absolute Gasteiger partial charge is 0.383 e. The van der Waals surface area contributed by atoms with Crippen LogP contribution in [0.1, 0.15) is 32.3 Å². The van der Waals surface area contributed by atoms with E-state index in [1.54, 1.807) is 6.20 Å². The van der Waals surface area contributed by atoms with Gasteiger partial charge in [0.15, 0.2) is 0 Å². The minimum atomic E-state index is 0.0363. The van der Waals surface area contributed by atoms with Crippen molar-refractivity contribution >= 4 is 29.0 Å². The summed E-state index contributed by atoms with van der Waals surface area (Å²) < 4.78 is 0. The van der Waals surface area contributed by atoms with Gasteiger partial charge in [0.2, 0.25) is 5.91 Å². The van der Waals surface area contributed by atoms with Crippen LogP contribution in [0.2, 0.25) is 5.02 Å². The van der Waals surface area contributed by atoms with Gasteiger partial charge in [-0.3, -0.25) is 4.79 Å². The summed E-state index contributed by atoms with van der Waals surface area (Å²) in [7, 11) is 0. The Morgan fingerprint density at radius 1 is 1.21 bits per heavy atom. The number of aromatic nitrogens is 1. The van der Waals surface area contributed by atoms with Gasteiger partial charge in [-0.05, 0) is 49.1 Å². The number of amides is 1. The molecule has 0 aliphatic heterocycles. The number of benzene rings is 1. The number of hydrogen-bond acceptors (Lipinski definition) is 3. The Bertz CT molecular complexity index is 654. The Hall–Kier alpha value is -2.07. The van der Waals surface area contributed by atoms with E-state index in [0.29, 0.717) is 5.82 Å². The topological polar surface area (TPSA) is 54.0 Å². The Morgan fingerprint density at radius 3 is 2.62 bits per heavy atom. The Labute approximate surface area is 148 Å². The molecule has 4 nitrogen and oxygen atoms in total. The second-order valence-electron chi connectivity index (χ2n) is 5.74. The molecule has 24 heavy (non-hydrogen) atoms. The van der Waals surface area contributed by atoms with E-state index in [4.69, 9.17) is 11.6 Å². The molecule has 0 bridgehead atoms. The molecule has 0 unspecified atom stereocenters. The molecule has 2 aromatic rings. The summed E-state index contributed by atoms with van der Waals surface area (Å²) in [5.74, 6) is 0.670. The van der Waals surface area contributed by atoms with Crippen molar-refractivity contribution in [2.45, 2.75) is 33.1 Å². The zero-order chi connectivity index (χ0) is 17.4. The molecule has 1 amide bonds. The minimum Gasteiger partial charge on any atom is -0.383 e. The number of rotatable bonds is 8. The van der Waals surface area contributed by atoms with Gasteiger partial charge in [0.25, 0.3) is 0 Å². The maximum Gasteiger partial charge on any atom is 0.228 e. The molecular formula is C19H24ClN3O. The minimum absolute atomic E-state index is 0.0363. The van der Waals surface area contributed by atoms with Crippen LogP contribution in [0, 0.1) is 5.92 Å². The first kappa shape index (κ1) is 18.3. The van der Waals surface area contributed by atoms with Gasteiger partial charge in [-0.15, -0.1) is 0 Å². The fourth-order valence-electron chi connectivity index (χ4n) is 2.50. The maximum absolute atomic E-state index is 12.0. The molecule has 5 heteroatoms. The lowest BCUT2D eigenvalue weighted by Crippen LogP contribution is -2.22. The van der Waals surface area contributed by atoms with Crippen molar-refractivity contribution in [2.75, 3.05) is 17.2 Å². The SMILES string of the molecule is CCC(CC)C(=O)Nc1ccc(NCCc2cccc(Cl)c2)cn1. The van der Waals surface area contributed by atoms with Crippen LogP contribution >= 0.6 is 11.6 Å². The van der Waals surface area contributed by atoms with Crippen molar-refractivity contribution in [3.8, 4) is 0 Å². The van der Waals surface area contributed by atoms with Gasteiger partial charge in [0.1, 0.15) is 5.82 Å². The van der Waals surface area contributed by atoms with Crippen LogP contribution in [0.5, 0.6) is 0 Å². The van der Waals surface area contributed by atoms with E-state index in [1.165, 1.54) is 5.56 Å². The van der Waals surface area contributed by atoms with Crippen molar-refractivity contribution in [1.29, 1.82) is 0 Å². The molecule has 0 fully saturated rings. The van der Waals surface area contributed by atoms with Crippen LogP contribution in [0.15, 0.2) is 42.6 Å². The van der Waals surface area contributed by atoms with E-state index >= 15 is 0 Å². The second-order valence-corrected chi connectivity index (χ2v) is 6.18. The number of pyridine rings is 1. The van der Waals surface area contributed by atoms with Crippen molar-refractivity contribution in [3.05, 3.63) is 53.2 Å². The molecule has 0 spiro atoms. The maximum atomic E-state index is 12.0. The highest BCUT2D eigenvalue weighted by Gasteiger charge is 2.14. The van der Waals surface area contributed by atoms with Crippen LogP contribution in [-0.4, -0.2) is 17.4 Å². The van der Waals surface area contributed by atoms with Gasteiger partial charge in [-0.2, -0.15) is 0 Å². The summed E-state index contributed by atoms with van der Waals surface area (Å²) in [6, 6.07) is 11.6. The molecule has 0 atom stereocenters. The van der Waals surface area contributed by atoms with Gasteiger partial charge < -0.3 is 10.6 Å². The molecule has 0 saturated heterocycles. The quantitative estimate of drug-likeness (QED) is 0.725. The molecular weight excluding hydrogens is 322 g/mol. The van der Waals surface area contributed by atoms with Crippen LogP contribution in [0.4, 0.5) is 11.5 Å². The van der Waals surface area contributed by atoms with Crippen LogP contribution in [0.25, 0.3) is 0 Å². The average Bonchev–Trinajstić information content (AvgIpc) is 2.58. The monoisotopic (exact) mass is 345 g/mol. The summed E-state index contributed by atoms with van der Waals surface area (Å²) in [4.78, 5) is 16.3. The van der Waals surface area contributed by atoms with E-state index in [0.717, 1.165) is 36.5 Å². The molecule has 0 aliphatic carbocycles. The number of hydrogen-bond donors (Lipinski definition) is 2. The summed E-state index contributed by atoms with van der Waals surface area (Å²) >= 11 is 5.98. The zero-order valence-corrected chi connectivity index (χ0v) is 14.9. The van der Waals surface area contributed by atoms with Crippen LogP contribution < -0.4 is 10.6 Å². The first-order valence-electron chi connectivity index (χ1n) is 8.37. The molecule has 128 valence electrons. The number of halogens is 1. The second kappa shape index (κ2) is 9.28. The normalized spacial score (nSPS) is 10.7. The average molecular weight is 346 g/mol. The standard InChI is InChI=1S/C19H24ClN3O/c1-3-15(4-2)19(24)23-18-9-8-17(13-22-18)21-11-10-14-6-5-7-16(20)12-14/h5-9,12-13,15,21H,3-4,10-11H2,1-2H3,(H,22,23,24). The van der Waals surface area contributed by atoms with Gasteiger partial charge in [0.05, 0.1) is 11.9 Å². The third-order valence-corrected chi connectivity index (χ3v) is 4.24. The third-order valence-electron chi connectivity index (χ3n) is 4.00. The summed E-state index contributed by atoms with van der Waals surface area (Å²) in [5, 5.41) is 6.94. The molecule has 0 saturated carbocycles. The van der Waals surface area contributed by atoms with Gasteiger partial charge in [0, 0.05) is 17.5 Å². The Morgan fingerprint density at radius 2 is 2.00 bits per heavy atom. The lowest BCUT2D eigenvalue weighted by Gasteiger charge is -2.12. The van der Waals surface area contributed by atoms with Gasteiger partial charge >= 0.3 is 0 Å². The summed E-state index contributed by atoms with van der Waals surface area (Å²) in [6.07, 6.45) is 4.30. The molecule has 2 rings (SSSR count). The molecule has 2 N–H and O–H groups in total. The number of nitrogens with one attached hydrogen (secondary N) is 2. The lowest BCUT2D eigenvalue weighted by atomic mass is 10.0. The highest BCUT2D eigenvalue weighted by molar-refractivity contribution is 6.30.